The Morgan fingerprint density at radius 2 is 1.76 bits per heavy atom. The van der Waals surface area contributed by atoms with Gasteiger partial charge in [0.15, 0.2) is 11.5 Å². The molecule has 1 N–H and O–H groups in total. The number of benzene rings is 2. The maximum Gasteiger partial charge on any atom is 0.295 e. The molecular weight excluding hydrogens is 320 g/mol. The van der Waals surface area contributed by atoms with Gasteiger partial charge in [-0.05, 0) is 31.2 Å². The van der Waals surface area contributed by atoms with Crippen molar-refractivity contribution in [2.75, 3.05) is 19.5 Å². The largest absolute Gasteiger partial charge is 0.493 e. The second kappa shape index (κ2) is 7.04. The predicted octanol–water partition coefficient (Wildman–Crippen LogP) is 2.85. The Hall–Kier alpha value is -3.35. The van der Waals surface area contributed by atoms with Gasteiger partial charge in [0, 0.05) is 11.8 Å². The lowest BCUT2D eigenvalue weighted by molar-refractivity contribution is 0.101. The molecule has 1 heterocycles. The normalized spacial score (nSPS) is 10.4. The lowest BCUT2D eigenvalue weighted by Crippen LogP contribution is -2.14. The van der Waals surface area contributed by atoms with Crippen molar-refractivity contribution in [2.45, 2.75) is 6.92 Å². The lowest BCUT2D eigenvalue weighted by Gasteiger charge is -2.09. The monoisotopic (exact) mass is 338 g/mol. The van der Waals surface area contributed by atoms with Gasteiger partial charge >= 0.3 is 0 Å². The molecule has 0 aliphatic carbocycles. The zero-order valence-corrected chi connectivity index (χ0v) is 14.2. The zero-order valence-electron chi connectivity index (χ0n) is 14.2. The van der Waals surface area contributed by atoms with Gasteiger partial charge in [-0.1, -0.05) is 17.7 Å². The molecule has 0 bridgehead atoms. The van der Waals surface area contributed by atoms with Crippen LogP contribution in [-0.2, 0) is 0 Å². The number of carbonyl (C=O) groups is 1. The summed E-state index contributed by atoms with van der Waals surface area (Å²) in [5.41, 5.74) is 2.55. The van der Waals surface area contributed by atoms with Gasteiger partial charge in [0.1, 0.15) is 6.33 Å². The van der Waals surface area contributed by atoms with E-state index in [0.717, 1.165) is 11.3 Å². The summed E-state index contributed by atoms with van der Waals surface area (Å²) in [6.07, 6.45) is 1.51. The molecule has 3 rings (SSSR count). The molecule has 0 radical (unpaired) electrons. The van der Waals surface area contributed by atoms with Crippen LogP contribution < -0.4 is 14.8 Å². The summed E-state index contributed by atoms with van der Waals surface area (Å²) in [5.74, 6) is 0.786. The van der Waals surface area contributed by atoms with E-state index >= 15 is 0 Å². The first-order valence-corrected chi connectivity index (χ1v) is 7.63. The van der Waals surface area contributed by atoms with E-state index in [9.17, 15) is 4.79 Å². The van der Waals surface area contributed by atoms with Gasteiger partial charge in [-0.2, -0.15) is 0 Å². The molecule has 7 nitrogen and oxygen atoms in total. The van der Waals surface area contributed by atoms with Gasteiger partial charge in [0.2, 0.25) is 5.82 Å². The minimum atomic E-state index is -0.405. The molecule has 3 aromatic rings. The van der Waals surface area contributed by atoms with Gasteiger partial charge < -0.3 is 14.8 Å². The van der Waals surface area contributed by atoms with Crippen molar-refractivity contribution in [3.05, 3.63) is 60.2 Å². The summed E-state index contributed by atoms with van der Waals surface area (Å²) in [5, 5.41) is 6.97. The molecule has 0 unspecified atom stereocenters. The first-order chi connectivity index (χ1) is 12.1. The summed E-state index contributed by atoms with van der Waals surface area (Å²) in [7, 11) is 3.09. The number of hydrogen-bond donors (Lipinski definition) is 1. The molecular formula is C18H18N4O3. The van der Waals surface area contributed by atoms with Crippen molar-refractivity contribution < 1.29 is 14.3 Å². The fraction of sp³-hybridized carbons (Fsp3) is 0.167. The number of anilines is 1. The molecule has 0 saturated carbocycles. The van der Waals surface area contributed by atoms with Crippen LogP contribution in [0, 0.1) is 6.92 Å². The summed E-state index contributed by atoms with van der Waals surface area (Å²) >= 11 is 0. The van der Waals surface area contributed by atoms with Crippen molar-refractivity contribution in [2.24, 2.45) is 0 Å². The highest BCUT2D eigenvalue weighted by Crippen LogP contribution is 2.29. The molecule has 0 aliphatic rings. The highest BCUT2D eigenvalue weighted by atomic mass is 16.5. The minimum Gasteiger partial charge on any atom is -0.493 e. The van der Waals surface area contributed by atoms with Crippen LogP contribution in [0.1, 0.15) is 16.2 Å². The lowest BCUT2D eigenvalue weighted by atomic mass is 10.2. The van der Waals surface area contributed by atoms with Crippen LogP contribution >= 0.6 is 0 Å². The van der Waals surface area contributed by atoms with Crippen molar-refractivity contribution in [1.82, 2.24) is 14.8 Å². The van der Waals surface area contributed by atoms with E-state index in [1.165, 1.54) is 13.4 Å². The molecule has 0 aliphatic heterocycles. The number of rotatable bonds is 5. The number of nitrogens with one attached hydrogen (secondary N) is 1. The average Bonchev–Trinajstić information content (AvgIpc) is 3.12. The van der Waals surface area contributed by atoms with E-state index in [0.29, 0.717) is 17.2 Å². The maximum absolute atomic E-state index is 12.3. The summed E-state index contributed by atoms with van der Waals surface area (Å²) in [4.78, 5) is 16.4. The Labute approximate surface area is 145 Å². The highest BCUT2D eigenvalue weighted by Gasteiger charge is 2.14. The van der Waals surface area contributed by atoms with Crippen LogP contribution in [0.2, 0.25) is 0 Å². The molecule has 0 saturated heterocycles. The van der Waals surface area contributed by atoms with Crippen molar-refractivity contribution in [3.8, 4) is 17.2 Å². The number of amides is 1. The van der Waals surface area contributed by atoms with E-state index in [1.807, 2.05) is 31.2 Å². The third-order valence-electron chi connectivity index (χ3n) is 3.63. The van der Waals surface area contributed by atoms with E-state index in [-0.39, 0.29) is 5.82 Å². The van der Waals surface area contributed by atoms with E-state index in [1.54, 1.807) is 30.0 Å². The van der Waals surface area contributed by atoms with Crippen LogP contribution in [0.3, 0.4) is 0 Å². The quantitative estimate of drug-likeness (QED) is 0.774. The number of aromatic nitrogens is 3. The molecule has 1 aromatic heterocycles. The number of methoxy groups -OCH3 is 2. The van der Waals surface area contributed by atoms with Crippen molar-refractivity contribution in [1.29, 1.82) is 0 Å². The van der Waals surface area contributed by atoms with Gasteiger partial charge in [0.05, 0.1) is 19.9 Å². The van der Waals surface area contributed by atoms with E-state index in [2.05, 4.69) is 15.4 Å². The third-order valence-corrected chi connectivity index (χ3v) is 3.63. The SMILES string of the molecule is COc1ccc(NC(=O)c2ncn(-c3ccc(C)cc3)n2)cc1OC. The van der Waals surface area contributed by atoms with Gasteiger partial charge in [-0.3, -0.25) is 4.79 Å². The zero-order chi connectivity index (χ0) is 17.8. The Balaban J connectivity index is 1.77. The van der Waals surface area contributed by atoms with E-state index in [4.69, 9.17) is 9.47 Å². The first kappa shape index (κ1) is 16.5. The number of ether oxygens (including phenoxy) is 2. The van der Waals surface area contributed by atoms with Crippen molar-refractivity contribution >= 4 is 11.6 Å². The molecule has 7 heteroatoms. The number of nitrogens with zero attached hydrogens (tertiary/aromatic N) is 3. The molecule has 128 valence electrons. The van der Waals surface area contributed by atoms with Crippen LogP contribution in [0.4, 0.5) is 5.69 Å². The number of hydrogen-bond acceptors (Lipinski definition) is 5. The fourth-order valence-corrected chi connectivity index (χ4v) is 2.29. The third kappa shape index (κ3) is 3.60. The standard InChI is InChI=1S/C18H18N4O3/c1-12-4-7-14(8-5-12)22-11-19-17(21-22)18(23)20-13-6-9-15(24-2)16(10-13)25-3/h4-11H,1-3H3,(H,20,23). The fourth-order valence-electron chi connectivity index (χ4n) is 2.29. The van der Waals surface area contributed by atoms with Gasteiger partial charge in [-0.25, -0.2) is 9.67 Å². The second-order valence-corrected chi connectivity index (χ2v) is 5.37. The number of aryl methyl sites for hydroxylation is 1. The molecule has 25 heavy (non-hydrogen) atoms. The Bertz CT molecular complexity index is 888. The summed E-state index contributed by atoms with van der Waals surface area (Å²) in [6, 6.07) is 12.9. The number of carbonyl (C=O) groups excluding carboxylic acids is 1. The summed E-state index contributed by atoms with van der Waals surface area (Å²) in [6.45, 7) is 2.01. The van der Waals surface area contributed by atoms with Crippen LogP contribution in [0.25, 0.3) is 5.69 Å². The molecule has 0 fully saturated rings. The minimum absolute atomic E-state index is 0.0790. The van der Waals surface area contributed by atoms with Crippen LogP contribution in [-0.4, -0.2) is 34.9 Å². The Morgan fingerprint density at radius 1 is 1.04 bits per heavy atom. The molecule has 0 spiro atoms. The van der Waals surface area contributed by atoms with Crippen molar-refractivity contribution in [3.63, 3.8) is 0 Å². The Morgan fingerprint density at radius 3 is 2.44 bits per heavy atom. The predicted molar refractivity (Wildman–Crippen MR) is 93.6 cm³/mol. The maximum atomic E-state index is 12.3. The second-order valence-electron chi connectivity index (χ2n) is 5.37. The molecule has 2 aromatic carbocycles. The molecule has 0 atom stereocenters. The first-order valence-electron chi connectivity index (χ1n) is 7.63. The topological polar surface area (TPSA) is 78.3 Å². The van der Waals surface area contributed by atoms with Crippen LogP contribution in [0.15, 0.2) is 48.8 Å². The van der Waals surface area contributed by atoms with E-state index < -0.39 is 5.91 Å². The summed E-state index contributed by atoms with van der Waals surface area (Å²) < 4.78 is 12.0. The van der Waals surface area contributed by atoms with Gasteiger partial charge in [-0.15, -0.1) is 5.10 Å². The Kier molecular flexibility index (Phi) is 4.65. The molecule has 1 amide bonds. The van der Waals surface area contributed by atoms with Gasteiger partial charge in [0.25, 0.3) is 5.91 Å². The average molecular weight is 338 g/mol. The smallest absolute Gasteiger partial charge is 0.295 e. The van der Waals surface area contributed by atoms with Crippen LogP contribution in [0.5, 0.6) is 11.5 Å². The highest BCUT2D eigenvalue weighted by molar-refractivity contribution is 6.01.